The van der Waals surface area contributed by atoms with Crippen molar-refractivity contribution in [1.82, 2.24) is 4.57 Å². The van der Waals surface area contributed by atoms with Crippen molar-refractivity contribution in [3.8, 4) is 0 Å². The second-order valence-electron chi connectivity index (χ2n) is 7.76. The Morgan fingerprint density at radius 2 is 1.73 bits per heavy atom. The number of aryl methyl sites for hydroxylation is 1. The van der Waals surface area contributed by atoms with Crippen LogP contribution in [-0.2, 0) is 4.79 Å². The van der Waals surface area contributed by atoms with Crippen LogP contribution in [0.5, 0.6) is 0 Å². The number of allylic oxidation sites excluding steroid dienone is 1. The van der Waals surface area contributed by atoms with Gasteiger partial charge in [-0.15, -0.1) is 0 Å². The number of amides is 1. The number of nitrogens with one attached hydrogen (secondary N) is 1. The molecule has 1 N–H and O–H groups in total. The van der Waals surface area contributed by atoms with Gasteiger partial charge in [0, 0.05) is 11.8 Å². The van der Waals surface area contributed by atoms with E-state index < -0.39 is 6.04 Å². The quantitative estimate of drug-likeness (QED) is 0.509. The normalized spacial score (nSPS) is 15.8. The van der Waals surface area contributed by atoms with Crippen molar-refractivity contribution in [2.45, 2.75) is 19.9 Å². The highest BCUT2D eigenvalue weighted by atomic mass is 32.1. The Labute approximate surface area is 193 Å². The van der Waals surface area contributed by atoms with Gasteiger partial charge >= 0.3 is 0 Å². The maximum absolute atomic E-state index is 13.5. The number of thiazole rings is 1. The predicted octanol–water partition coefficient (Wildman–Crippen LogP) is 3.78. The molecule has 5 rings (SSSR count). The first kappa shape index (κ1) is 20.9. The van der Waals surface area contributed by atoms with Gasteiger partial charge in [-0.3, -0.25) is 14.2 Å². The summed E-state index contributed by atoms with van der Waals surface area (Å²) in [6.07, 6.45) is 1.72. The Morgan fingerprint density at radius 3 is 2.39 bits per heavy atom. The second kappa shape index (κ2) is 8.52. The van der Waals surface area contributed by atoms with Gasteiger partial charge < -0.3 is 9.73 Å². The summed E-state index contributed by atoms with van der Waals surface area (Å²) in [4.78, 5) is 32.1. The first-order valence-corrected chi connectivity index (χ1v) is 11.3. The third-order valence-corrected chi connectivity index (χ3v) is 6.43. The fraction of sp³-hybridized carbons (Fsp3) is 0.115. The summed E-state index contributed by atoms with van der Waals surface area (Å²) in [6, 6.07) is 21.9. The monoisotopic (exact) mass is 455 g/mol. The summed E-state index contributed by atoms with van der Waals surface area (Å²) < 4.78 is 7.74. The lowest BCUT2D eigenvalue weighted by Gasteiger charge is -2.25. The summed E-state index contributed by atoms with van der Waals surface area (Å²) in [7, 11) is 0. The fourth-order valence-electron chi connectivity index (χ4n) is 3.94. The summed E-state index contributed by atoms with van der Waals surface area (Å²) in [5.41, 5.74) is 2.34. The molecule has 2 aromatic carbocycles. The number of nitrogens with zero attached hydrogens (tertiary/aromatic N) is 2. The molecule has 6 nitrogen and oxygen atoms in total. The van der Waals surface area contributed by atoms with Gasteiger partial charge in [-0.25, -0.2) is 4.99 Å². The van der Waals surface area contributed by atoms with Gasteiger partial charge in [0.1, 0.15) is 11.5 Å². The van der Waals surface area contributed by atoms with E-state index in [1.807, 2.05) is 86.6 Å². The maximum atomic E-state index is 13.5. The van der Waals surface area contributed by atoms with Crippen LogP contribution in [0.4, 0.5) is 5.69 Å². The number of hydrogen-bond acceptors (Lipinski definition) is 5. The lowest BCUT2D eigenvalue weighted by Crippen LogP contribution is -2.40. The van der Waals surface area contributed by atoms with Gasteiger partial charge in [0.15, 0.2) is 4.80 Å². The number of rotatable bonds is 4. The van der Waals surface area contributed by atoms with Gasteiger partial charge in [0.05, 0.1) is 21.8 Å². The molecular weight excluding hydrogens is 434 g/mol. The minimum absolute atomic E-state index is 0.209. The lowest BCUT2D eigenvalue weighted by atomic mass is 9.95. The largest absolute Gasteiger partial charge is 0.462 e. The molecule has 2 aromatic heterocycles. The minimum atomic E-state index is -0.591. The van der Waals surface area contributed by atoms with Crippen molar-refractivity contribution in [2.75, 3.05) is 5.32 Å². The number of para-hydroxylation sites is 1. The maximum Gasteiger partial charge on any atom is 0.271 e. The predicted molar refractivity (Wildman–Crippen MR) is 129 cm³/mol. The van der Waals surface area contributed by atoms with Crippen molar-refractivity contribution in [1.29, 1.82) is 0 Å². The molecule has 0 saturated heterocycles. The molecule has 3 heterocycles. The van der Waals surface area contributed by atoms with E-state index in [9.17, 15) is 9.59 Å². The zero-order chi connectivity index (χ0) is 22.9. The molecule has 0 saturated carbocycles. The summed E-state index contributed by atoms with van der Waals surface area (Å²) in [6.45, 7) is 3.66. The molecule has 0 spiro atoms. The molecule has 0 bridgehead atoms. The molecule has 33 heavy (non-hydrogen) atoms. The van der Waals surface area contributed by atoms with Crippen molar-refractivity contribution in [3.63, 3.8) is 0 Å². The third kappa shape index (κ3) is 3.99. The molecular formula is C26H21N3O3S. The molecule has 0 aliphatic carbocycles. The fourth-order valence-corrected chi connectivity index (χ4v) is 4.97. The van der Waals surface area contributed by atoms with Crippen LogP contribution in [0.2, 0.25) is 0 Å². The molecule has 0 fully saturated rings. The van der Waals surface area contributed by atoms with Gasteiger partial charge in [-0.05, 0) is 43.7 Å². The van der Waals surface area contributed by atoms with Crippen LogP contribution in [-0.4, -0.2) is 10.5 Å². The van der Waals surface area contributed by atoms with Crippen LogP contribution in [0, 0.1) is 6.92 Å². The molecule has 1 aliphatic heterocycles. The Bertz CT molecular complexity index is 1540. The molecule has 0 radical (unpaired) electrons. The van der Waals surface area contributed by atoms with E-state index in [1.165, 1.54) is 11.3 Å². The van der Waals surface area contributed by atoms with Gasteiger partial charge in [0.25, 0.3) is 11.5 Å². The van der Waals surface area contributed by atoms with Crippen LogP contribution in [0.1, 0.15) is 30.0 Å². The highest BCUT2D eigenvalue weighted by Crippen LogP contribution is 2.30. The molecule has 4 aromatic rings. The smallest absolute Gasteiger partial charge is 0.271 e. The third-order valence-electron chi connectivity index (χ3n) is 5.45. The molecule has 1 unspecified atom stereocenters. The summed E-state index contributed by atoms with van der Waals surface area (Å²) >= 11 is 1.29. The van der Waals surface area contributed by atoms with Crippen LogP contribution in [0.3, 0.4) is 0 Å². The number of carbonyl (C=O) groups is 1. The highest BCUT2D eigenvalue weighted by molar-refractivity contribution is 7.07. The van der Waals surface area contributed by atoms with E-state index in [1.54, 1.807) is 10.6 Å². The average Bonchev–Trinajstić information content (AvgIpc) is 3.36. The van der Waals surface area contributed by atoms with Crippen molar-refractivity contribution in [2.24, 2.45) is 4.99 Å². The number of carbonyl (C=O) groups excluding carboxylic acids is 1. The molecule has 164 valence electrons. The van der Waals surface area contributed by atoms with Gasteiger partial charge in [0.2, 0.25) is 0 Å². The molecule has 1 amide bonds. The zero-order valence-corrected chi connectivity index (χ0v) is 18.9. The number of furan rings is 1. The molecule has 1 atom stereocenters. The van der Waals surface area contributed by atoms with Crippen LogP contribution in [0.15, 0.2) is 98.3 Å². The standard InChI is InChI=1S/C26H21N3O3S/c1-16-13-14-20(32-16)15-21-25(31)29-23(18-9-5-3-6-10-18)22(17(2)27-26(29)33-21)24(30)28-19-11-7-4-8-12-19/h3-15,23H,1-2H3,(H,28,30)/b21-15+. The second-order valence-corrected chi connectivity index (χ2v) is 8.77. The minimum Gasteiger partial charge on any atom is -0.462 e. The van der Waals surface area contributed by atoms with E-state index >= 15 is 0 Å². The SMILES string of the molecule is CC1=C(C(=O)Nc2ccccc2)C(c2ccccc2)n2c(s/c(=C/c3ccc(C)o3)c2=O)=N1. The first-order chi connectivity index (χ1) is 16.0. The number of hydrogen-bond donors (Lipinski definition) is 1. The average molecular weight is 456 g/mol. The molecule has 1 aliphatic rings. The number of aromatic nitrogens is 1. The first-order valence-electron chi connectivity index (χ1n) is 10.5. The zero-order valence-electron chi connectivity index (χ0n) is 18.1. The number of benzene rings is 2. The van der Waals surface area contributed by atoms with Crippen molar-refractivity contribution < 1.29 is 9.21 Å². The topological polar surface area (TPSA) is 76.6 Å². The van der Waals surface area contributed by atoms with Crippen molar-refractivity contribution >= 4 is 29.0 Å². The number of fused-ring (bicyclic) bond motifs is 1. The summed E-state index contributed by atoms with van der Waals surface area (Å²) in [5.74, 6) is 1.09. The molecule has 7 heteroatoms. The van der Waals surface area contributed by atoms with Crippen LogP contribution in [0.25, 0.3) is 6.08 Å². The lowest BCUT2D eigenvalue weighted by molar-refractivity contribution is -0.113. The Morgan fingerprint density at radius 1 is 1.03 bits per heavy atom. The van der Waals surface area contributed by atoms with E-state index in [4.69, 9.17) is 4.42 Å². The summed E-state index contributed by atoms with van der Waals surface area (Å²) in [5, 5.41) is 2.95. The highest BCUT2D eigenvalue weighted by Gasteiger charge is 2.32. The van der Waals surface area contributed by atoms with Gasteiger partial charge in [-0.1, -0.05) is 59.9 Å². The Balaban J connectivity index is 1.67. The van der Waals surface area contributed by atoms with Crippen LogP contribution >= 0.6 is 11.3 Å². The van der Waals surface area contributed by atoms with E-state index in [0.717, 1.165) is 11.3 Å². The van der Waals surface area contributed by atoms with Crippen molar-refractivity contribution in [3.05, 3.63) is 121 Å². The van der Waals surface area contributed by atoms with E-state index in [-0.39, 0.29) is 11.5 Å². The van der Waals surface area contributed by atoms with E-state index in [2.05, 4.69) is 10.3 Å². The Kier molecular flexibility index (Phi) is 5.40. The van der Waals surface area contributed by atoms with E-state index in [0.29, 0.717) is 32.1 Å². The van der Waals surface area contributed by atoms with Gasteiger partial charge in [-0.2, -0.15) is 0 Å². The van der Waals surface area contributed by atoms with Crippen LogP contribution < -0.4 is 20.2 Å². The number of anilines is 1. The Hall–Kier alpha value is -3.97.